The zero-order valence-corrected chi connectivity index (χ0v) is 8.43. The van der Waals surface area contributed by atoms with Gasteiger partial charge in [-0.2, -0.15) is 0 Å². The van der Waals surface area contributed by atoms with Gasteiger partial charge in [0.2, 0.25) is 0 Å². The van der Waals surface area contributed by atoms with Gasteiger partial charge in [0.1, 0.15) is 11.6 Å². The molecule has 0 saturated heterocycles. The molecule has 1 aromatic rings. The molecule has 0 aromatic heterocycles. The Kier molecular flexibility index (Phi) is 3.58. The van der Waals surface area contributed by atoms with Crippen LogP contribution in [-0.2, 0) is 0 Å². The quantitative estimate of drug-likeness (QED) is 0.795. The predicted molar refractivity (Wildman–Crippen MR) is 52.7 cm³/mol. The monoisotopic (exact) mass is 199 g/mol. The van der Waals surface area contributed by atoms with E-state index in [1.807, 2.05) is 13.8 Å². The van der Waals surface area contributed by atoms with Gasteiger partial charge in [-0.1, -0.05) is 13.8 Å². The molecule has 14 heavy (non-hydrogen) atoms. The first-order chi connectivity index (χ1) is 6.49. The van der Waals surface area contributed by atoms with E-state index >= 15 is 0 Å². The second kappa shape index (κ2) is 4.51. The smallest absolute Gasteiger partial charge is 0.126 e. The maximum absolute atomic E-state index is 12.8. The Morgan fingerprint density at radius 3 is 2.07 bits per heavy atom. The molecule has 0 spiro atoms. The fourth-order valence-corrected chi connectivity index (χ4v) is 1.43. The highest BCUT2D eigenvalue weighted by Gasteiger charge is 2.10. The van der Waals surface area contributed by atoms with E-state index in [0.717, 1.165) is 12.5 Å². The van der Waals surface area contributed by atoms with Crippen molar-refractivity contribution in [1.29, 1.82) is 0 Å². The Bertz CT molecular complexity index is 290. The molecule has 0 heterocycles. The number of benzene rings is 1. The van der Waals surface area contributed by atoms with Crippen molar-refractivity contribution in [3.63, 3.8) is 0 Å². The van der Waals surface area contributed by atoms with E-state index in [2.05, 4.69) is 0 Å². The summed E-state index contributed by atoms with van der Waals surface area (Å²) < 4.78 is 25.7. The van der Waals surface area contributed by atoms with Crippen LogP contribution < -0.4 is 5.73 Å². The Labute approximate surface area is 82.9 Å². The first-order valence-electron chi connectivity index (χ1n) is 4.70. The molecule has 0 radical (unpaired) electrons. The average molecular weight is 199 g/mol. The van der Waals surface area contributed by atoms with Crippen LogP contribution in [0, 0.1) is 17.6 Å². The highest BCUT2D eigenvalue weighted by Crippen LogP contribution is 2.20. The summed E-state index contributed by atoms with van der Waals surface area (Å²) in [5, 5.41) is 0. The minimum atomic E-state index is -0.570. The molecule has 0 aliphatic rings. The number of rotatable bonds is 3. The Hall–Kier alpha value is -0.960. The maximum Gasteiger partial charge on any atom is 0.126 e. The minimum Gasteiger partial charge on any atom is -0.324 e. The van der Waals surface area contributed by atoms with Crippen molar-refractivity contribution in [2.24, 2.45) is 11.7 Å². The Morgan fingerprint density at radius 1 is 1.14 bits per heavy atom. The highest BCUT2D eigenvalue weighted by molar-refractivity contribution is 5.21. The zero-order chi connectivity index (χ0) is 10.7. The van der Waals surface area contributed by atoms with E-state index in [9.17, 15) is 8.78 Å². The largest absolute Gasteiger partial charge is 0.324 e. The third kappa shape index (κ3) is 3.07. The van der Waals surface area contributed by atoms with Gasteiger partial charge in [-0.25, -0.2) is 8.78 Å². The van der Waals surface area contributed by atoms with Crippen LogP contribution in [0.2, 0.25) is 0 Å². The summed E-state index contributed by atoms with van der Waals surface area (Å²) in [7, 11) is 0. The minimum absolute atomic E-state index is 0.291. The van der Waals surface area contributed by atoms with E-state index < -0.39 is 11.6 Å². The van der Waals surface area contributed by atoms with Crippen LogP contribution in [0.3, 0.4) is 0 Å². The van der Waals surface area contributed by atoms with Gasteiger partial charge >= 0.3 is 0 Å². The van der Waals surface area contributed by atoms with E-state index in [0.29, 0.717) is 11.5 Å². The van der Waals surface area contributed by atoms with E-state index in [1.165, 1.54) is 12.1 Å². The lowest BCUT2D eigenvalue weighted by molar-refractivity contribution is 0.502. The topological polar surface area (TPSA) is 26.0 Å². The second-order valence-electron chi connectivity index (χ2n) is 3.94. The van der Waals surface area contributed by atoms with Gasteiger partial charge in [0.15, 0.2) is 0 Å². The van der Waals surface area contributed by atoms with Crippen LogP contribution >= 0.6 is 0 Å². The van der Waals surface area contributed by atoms with Gasteiger partial charge in [-0.3, -0.25) is 0 Å². The summed E-state index contributed by atoms with van der Waals surface area (Å²) >= 11 is 0. The van der Waals surface area contributed by atoms with Crippen LogP contribution in [0.25, 0.3) is 0 Å². The molecule has 2 N–H and O–H groups in total. The van der Waals surface area contributed by atoms with Gasteiger partial charge in [0.05, 0.1) is 0 Å². The first kappa shape index (κ1) is 11.1. The number of nitrogens with two attached hydrogens (primary N) is 1. The lowest BCUT2D eigenvalue weighted by Crippen LogP contribution is -2.13. The molecule has 0 bridgehead atoms. The van der Waals surface area contributed by atoms with Crippen molar-refractivity contribution >= 4 is 0 Å². The lowest BCUT2D eigenvalue weighted by Gasteiger charge is -2.14. The van der Waals surface area contributed by atoms with Crippen molar-refractivity contribution < 1.29 is 8.78 Å². The zero-order valence-electron chi connectivity index (χ0n) is 8.43. The third-order valence-corrected chi connectivity index (χ3v) is 2.04. The summed E-state index contributed by atoms with van der Waals surface area (Å²) in [6.07, 6.45) is 0.725. The van der Waals surface area contributed by atoms with Crippen molar-refractivity contribution in [3.8, 4) is 0 Å². The van der Waals surface area contributed by atoms with Crippen molar-refractivity contribution in [2.45, 2.75) is 26.3 Å². The van der Waals surface area contributed by atoms with Crippen LogP contribution in [0.4, 0.5) is 8.78 Å². The van der Waals surface area contributed by atoms with Gasteiger partial charge in [-0.05, 0) is 30.0 Å². The molecule has 1 atom stereocenters. The molecule has 3 heteroatoms. The molecule has 1 nitrogen and oxygen atoms in total. The molecule has 0 aliphatic carbocycles. The molecule has 0 amide bonds. The molecule has 0 saturated carbocycles. The fourth-order valence-electron chi connectivity index (χ4n) is 1.43. The summed E-state index contributed by atoms with van der Waals surface area (Å²) in [4.78, 5) is 0. The summed E-state index contributed by atoms with van der Waals surface area (Å²) in [5.74, 6) is -0.727. The average Bonchev–Trinajstić information content (AvgIpc) is 2.00. The van der Waals surface area contributed by atoms with Gasteiger partial charge in [-0.15, -0.1) is 0 Å². The molecule has 0 aliphatic heterocycles. The lowest BCUT2D eigenvalue weighted by atomic mass is 9.98. The predicted octanol–water partition coefficient (Wildman–Crippen LogP) is 3.01. The molecule has 0 fully saturated rings. The number of hydrogen-bond donors (Lipinski definition) is 1. The van der Waals surface area contributed by atoms with E-state index in [4.69, 9.17) is 5.73 Å². The van der Waals surface area contributed by atoms with Gasteiger partial charge in [0, 0.05) is 12.1 Å². The summed E-state index contributed by atoms with van der Waals surface area (Å²) in [6, 6.07) is 3.14. The molecule has 1 rings (SSSR count). The van der Waals surface area contributed by atoms with Crippen LogP contribution in [0.5, 0.6) is 0 Å². The normalized spacial score (nSPS) is 13.3. The SMILES string of the molecule is CC(C)CC(N)c1cc(F)cc(F)c1. The Morgan fingerprint density at radius 2 is 1.64 bits per heavy atom. The van der Waals surface area contributed by atoms with Gasteiger partial charge < -0.3 is 5.73 Å². The maximum atomic E-state index is 12.8. The fraction of sp³-hybridized carbons (Fsp3) is 0.455. The Balaban J connectivity index is 2.84. The van der Waals surface area contributed by atoms with Crippen LogP contribution in [0.15, 0.2) is 18.2 Å². The van der Waals surface area contributed by atoms with Crippen molar-refractivity contribution in [3.05, 3.63) is 35.4 Å². The van der Waals surface area contributed by atoms with E-state index in [-0.39, 0.29) is 6.04 Å². The van der Waals surface area contributed by atoms with Gasteiger partial charge in [0.25, 0.3) is 0 Å². The summed E-state index contributed by atoms with van der Waals surface area (Å²) in [6.45, 7) is 4.05. The molecule has 1 aromatic carbocycles. The standard InChI is InChI=1S/C11H15F2N/c1-7(2)3-11(14)8-4-9(12)6-10(13)5-8/h4-7,11H,3,14H2,1-2H3. The summed E-state index contributed by atoms with van der Waals surface area (Å²) in [5.41, 5.74) is 6.32. The molecular formula is C11H15F2N. The van der Waals surface area contributed by atoms with Crippen LogP contribution in [0.1, 0.15) is 31.9 Å². The molecule has 1 unspecified atom stereocenters. The van der Waals surface area contributed by atoms with Crippen molar-refractivity contribution in [2.75, 3.05) is 0 Å². The van der Waals surface area contributed by atoms with Crippen LogP contribution in [-0.4, -0.2) is 0 Å². The third-order valence-electron chi connectivity index (χ3n) is 2.04. The van der Waals surface area contributed by atoms with Crippen molar-refractivity contribution in [1.82, 2.24) is 0 Å². The van der Waals surface area contributed by atoms with E-state index in [1.54, 1.807) is 0 Å². The molecule has 78 valence electrons. The number of hydrogen-bond acceptors (Lipinski definition) is 1. The second-order valence-corrected chi connectivity index (χ2v) is 3.94. The first-order valence-corrected chi connectivity index (χ1v) is 4.70. The highest BCUT2D eigenvalue weighted by atomic mass is 19.1. The number of halogens is 2. The molecular weight excluding hydrogens is 184 g/mol.